The maximum Gasteiger partial charge on any atom is 0.167 e. The summed E-state index contributed by atoms with van der Waals surface area (Å²) in [6.45, 7) is 2.42. The van der Waals surface area contributed by atoms with Crippen LogP contribution in [-0.2, 0) is 0 Å². The Morgan fingerprint density at radius 1 is 0.500 bits per heavy atom. The summed E-state index contributed by atoms with van der Waals surface area (Å²) in [5, 5.41) is 10.8. The van der Waals surface area contributed by atoms with Crippen molar-refractivity contribution in [2.45, 2.75) is 6.92 Å². The molecule has 0 saturated carbocycles. The van der Waals surface area contributed by atoms with Crippen LogP contribution < -0.4 is 4.74 Å². The Balaban J connectivity index is 1.43. The standard InChI is InChI=1S/C35H27N3O2/c1-2-40-30-21-22-31(32(39)23-30)35-37-33(28-17-13-26(14-18-28)24-9-5-3-6-10-24)36-34(38-35)29-19-15-27(16-20-29)25-11-7-4-8-12-25/h3-23,39H,2H2,1H3. The first kappa shape index (κ1) is 25.0. The molecule has 1 aromatic heterocycles. The average molecular weight is 522 g/mol. The topological polar surface area (TPSA) is 68.1 Å². The fourth-order valence-electron chi connectivity index (χ4n) is 4.60. The van der Waals surface area contributed by atoms with Crippen LogP contribution in [0, 0.1) is 0 Å². The molecule has 1 heterocycles. The highest BCUT2D eigenvalue weighted by Crippen LogP contribution is 2.33. The number of nitrogens with zero attached hydrogens (tertiary/aromatic N) is 3. The predicted molar refractivity (Wildman–Crippen MR) is 160 cm³/mol. The van der Waals surface area contributed by atoms with E-state index in [0.29, 0.717) is 35.4 Å². The van der Waals surface area contributed by atoms with Gasteiger partial charge in [0.05, 0.1) is 12.2 Å². The molecule has 5 heteroatoms. The molecule has 0 aliphatic carbocycles. The molecule has 0 radical (unpaired) electrons. The van der Waals surface area contributed by atoms with E-state index in [4.69, 9.17) is 19.7 Å². The summed E-state index contributed by atoms with van der Waals surface area (Å²) in [6.07, 6.45) is 0. The van der Waals surface area contributed by atoms with E-state index in [0.717, 1.165) is 33.4 Å². The van der Waals surface area contributed by atoms with E-state index < -0.39 is 0 Å². The van der Waals surface area contributed by atoms with Gasteiger partial charge in [-0.25, -0.2) is 15.0 Å². The van der Waals surface area contributed by atoms with Gasteiger partial charge in [-0.15, -0.1) is 0 Å². The lowest BCUT2D eigenvalue weighted by Gasteiger charge is -2.11. The van der Waals surface area contributed by atoms with E-state index in [9.17, 15) is 5.11 Å². The highest BCUT2D eigenvalue weighted by Gasteiger charge is 2.16. The Hall–Kier alpha value is -5.29. The number of phenols is 1. The molecule has 5 nitrogen and oxygen atoms in total. The number of aromatic nitrogens is 3. The lowest BCUT2D eigenvalue weighted by molar-refractivity contribution is 0.338. The van der Waals surface area contributed by atoms with Crippen molar-refractivity contribution in [2.24, 2.45) is 0 Å². The van der Waals surface area contributed by atoms with Crippen molar-refractivity contribution in [1.82, 2.24) is 15.0 Å². The summed E-state index contributed by atoms with van der Waals surface area (Å²) in [5.74, 6) is 2.08. The number of hydrogen-bond acceptors (Lipinski definition) is 5. The van der Waals surface area contributed by atoms with Gasteiger partial charge in [0, 0.05) is 17.2 Å². The number of phenolic OH excluding ortho intramolecular Hbond substituents is 1. The molecular weight excluding hydrogens is 494 g/mol. The van der Waals surface area contributed by atoms with Crippen LogP contribution >= 0.6 is 0 Å². The van der Waals surface area contributed by atoms with Crippen LogP contribution in [0.25, 0.3) is 56.4 Å². The van der Waals surface area contributed by atoms with E-state index in [1.54, 1.807) is 12.1 Å². The van der Waals surface area contributed by atoms with Gasteiger partial charge in [-0.05, 0) is 41.3 Å². The van der Waals surface area contributed by atoms with Crippen LogP contribution in [-0.4, -0.2) is 26.7 Å². The molecule has 1 N–H and O–H groups in total. The molecule has 0 saturated heterocycles. The Morgan fingerprint density at radius 2 is 0.925 bits per heavy atom. The zero-order valence-corrected chi connectivity index (χ0v) is 22.0. The number of hydrogen-bond donors (Lipinski definition) is 1. The molecule has 0 aliphatic heterocycles. The largest absolute Gasteiger partial charge is 0.507 e. The van der Waals surface area contributed by atoms with Gasteiger partial charge >= 0.3 is 0 Å². The van der Waals surface area contributed by atoms with Gasteiger partial charge in [-0.2, -0.15) is 0 Å². The lowest BCUT2D eigenvalue weighted by atomic mass is 10.0. The second kappa shape index (κ2) is 11.2. The molecule has 0 amide bonds. The van der Waals surface area contributed by atoms with Crippen molar-refractivity contribution in [2.75, 3.05) is 6.61 Å². The van der Waals surface area contributed by atoms with Crippen molar-refractivity contribution in [3.8, 4) is 67.9 Å². The Bertz CT molecular complexity index is 1630. The molecule has 0 fully saturated rings. The van der Waals surface area contributed by atoms with Gasteiger partial charge in [-0.3, -0.25) is 0 Å². The number of aromatic hydroxyl groups is 1. The summed E-state index contributed by atoms with van der Waals surface area (Å²) in [7, 11) is 0. The summed E-state index contributed by atoms with van der Waals surface area (Å²) < 4.78 is 5.55. The predicted octanol–water partition coefficient (Wildman–Crippen LogP) is 8.31. The first-order valence-corrected chi connectivity index (χ1v) is 13.2. The number of rotatable bonds is 7. The van der Waals surface area contributed by atoms with Crippen molar-refractivity contribution < 1.29 is 9.84 Å². The second-order valence-corrected chi connectivity index (χ2v) is 9.30. The molecule has 0 atom stereocenters. The van der Waals surface area contributed by atoms with Gasteiger partial charge in [-0.1, -0.05) is 109 Å². The van der Waals surface area contributed by atoms with Gasteiger partial charge in [0.25, 0.3) is 0 Å². The van der Waals surface area contributed by atoms with Crippen LogP contribution in [0.4, 0.5) is 0 Å². The quantitative estimate of drug-likeness (QED) is 0.229. The van der Waals surface area contributed by atoms with Crippen LogP contribution in [0.1, 0.15) is 6.92 Å². The van der Waals surface area contributed by atoms with Crippen LogP contribution in [0.5, 0.6) is 11.5 Å². The molecule has 194 valence electrons. The molecule has 5 aromatic carbocycles. The fourth-order valence-corrected chi connectivity index (χ4v) is 4.60. The van der Waals surface area contributed by atoms with Crippen LogP contribution in [0.3, 0.4) is 0 Å². The van der Waals surface area contributed by atoms with Gasteiger partial charge in [0.1, 0.15) is 11.5 Å². The smallest absolute Gasteiger partial charge is 0.167 e. The number of ether oxygens (including phenoxy) is 1. The fraction of sp³-hybridized carbons (Fsp3) is 0.0571. The minimum Gasteiger partial charge on any atom is -0.507 e. The maximum absolute atomic E-state index is 10.8. The SMILES string of the molecule is CCOc1ccc(-c2nc(-c3ccc(-c4ccccc4)cc3)nc(-c3ccc(-c4ccccc4)cc3)n2)c(O)c1. The summed E-state index contributed by atoms with van der Waals surface area (Å²) in [5.41, 5.74) is 6.73. The van der Waals surface area contributed by atoms with Crippen LogP contribution in [0.15, 0.2) is 127 Å². The number of benzene rings is 5. The normalized spacial score (nSPS) is 10.8. The monoisotopic (exact) mass is 521 g/mol. The van der Waals surface area contributed by atoms with Crippen LogP contribution in [0.2, 0.25) is 0 Å². The molecule has 6 aromatic rings. The third-order valence-electron chi connectivity index (χ3n) is 6.66. The molecule has 6 rings (SSSR count). The van der Waals surface area contributed by atoms with E-state index in [1.165, 1.54) is 0 Å². The molecule has 0 spiro atoms. The average Bonchev–Trinajstić information content (AvgIpc) is 3.02. The Morgan fingerprint density at radius 3 is 1.38 bits per heavy atom. The minimum atomic E-state index is 0.0490. The molecule has 40 heavy (non-hydrogen) atoms. The lowest BCUT2D eigenvalue weighted by Crippen LogP contribution is -2.00. The second-order valence-electron chi connectivity index (χ2n) is 9.30. The zero-order chi connectivity index (χ0) is 27.3. The highest BCUT2D eigenvalue weighted by molar-refractivity contribution is 5.73. The van der Waals surface area contributed by atoms with Crippen molar-refractivity contribution in [3.05, 3.63) is 127 Å². The highest BCUT2D eigenvalue weighted by atomic mass is 16.5. The molecule has 0 aliphatic rings. The van der Waals surface area contributed by atoms with Crippen molar-refractivity contribution in [1.29, 1.82) is 0 Å². The summed E-state index contributed by atoms with van der Waals surface area (Å²) in [4.78, 5) is 14.4. The zero-order valence-electron chi connectivity index (χ0n) is 22.0. The van der Waals surface area contributed by atoms with Crippen molar-refractivity contribution in [3.63, 3.8) is 0 Å². The third kappa shape index (κ3) is 5.31. The van der Waals surface area contributed by atoms with E-state index in [-0.39, 0.29) is 5.75 Å². The molecule has 0 unspecified atom stereocenters. The van der Waals surface area contributed by atoms with E-state index in [1.807, 2.05) is 73.7 Å². The Kier molecular flexibility index (Phi) is 7.01. The van der Waals surface area contributed by atoms with E-state index in [2.05, 4.69) is 48.5 Å². The molecule has 0 bridgehead atoms. The van der Waals surface area contributed by atoms with Crippen molar-refractivity contribution >= 4 is 0 Å². The van der Waals surface area contributed by atoms with E-state index >= 15 is 0 Å². The van der Waals surface area contributed by atoms with Gasteiger partial charge in [0.15, 0.2) is 17.5 Å². The first-order chi connectivity index (χ1) is 19.7. The Labute approximate surface area is 233 Å². The summed E-state index contributed by atoms with van der Waals surface area (Å²) >= 11 is 0. The molecular formula is C35H27N3O2. The maximum atomic E-state index is 10.8. The minimum absolute atomic E-state index is 0.0490. The van der Waals surface area contributed by atoms with Gasteiger partial charge in [0.2, 0.25) is 0 Å². The van der Waals surface area contributed by atoms with Gasteiger partial charge < -0.3 is 9.84 Å². The summed E-state index contributed by atoms with van der Waals surface area (Å²) in [6, 6.07) is 42.0. The third-order valence-corrected chi connectivity index (χ3v) is 6.66. The first-order valence-electron chi connectivity index (χ1n) is 13.2.